The van der Waals surface area contributed by atoms with E-state index < -0.39 is 0 Å². The summed E-state index contributed by atoms with van der Waals surface area (Å²) >= 11 is 0. The Hall–Kier alpha value is -0.610. The largest absolute Gasteiger partial charge is 0.322 e. The molecule has 0 aromatic carbocycles. The van der Waals surface area contributed by atoms with Gasteiger partial charge in [-0.05, 0) is 44.7 Å². The fraction of sp³-hybridized carbons (Fsp3) is 0.929. The van der Waals surface area contributed by atoms with Crippen LogP contribution in [0.1, 0.15) is 33.6 Å². The second-order valence-corrected chi connectivity index (χ2v) is 6.52. The van der Waals surface area contributed by atoms with Gasteiger partial charge < -0.3 is 9.80 Å². The topological polar surface area (TPSA) is 35.6 Å². The highest BCUT2D eigenvalue weighted by atomic mass is 16.2. The molecule has 3 unspecified atom stereocenters. The molecule has 102 valence electrons. The minimum absolute atomic E-state index is 0.0236. The number of hydrogen-bond donors (Lipinski definition) is 1. The van der Waals surface area contributed by atoms with Crippen molar-refractivity contribution in [2.75, 3.05) is 19.6 Å². The lowest BCUT2D eigenvalue weighted by Crippen LogP contribution is -2.59. The summed E-state index contributed by atoms with van der Waals surface area (Å²) in [7, 11) is 0. The van der Waals surface area contributed by atoms with Crippen LogP contribution in [-0.2, 0) is 4.79 Å². The maximum absolute atomic E-state index is 12.6. The minimum atomic E-state index is 0.0236. The van der Waals surface area contributed by atoms with E-state index >= 15 is 0 Å². The lowest BCUT2D eigenvalue weighted by molar-refractivity contribution is -0.137. The number of carbonyl (C=O) groups excluding carboxylic acids is 1. The van der Waals surface area contributed by atoms with Gasteiger partial charge in [0.25, 0.3) is 0 Å². The lowest BCUT2D eigenvalue weighted by atomic mass is 9.83. The van der Waals surface area contributed by atoms with Crippen LogP contribution < -0.4 is 5.32 Å². The van der Waals surface area contributed by atoms with E-state index in [-0.39, 0.29) is 12.2 Å². The highest BCUT2D eigenvalue weighted by Crippen LogP contribution is 2.33. The molecule has 4 saturated heterocycles. The number of piperidine rings is 3. The summed E-state index contributed by atoms with van der Waals surface area (Å²) in [5.41, 5.74) is 0. The first-order valence-corrected chi connectivity index (χ1v) is 7.38. The molecule has 2 bridgehead atoms. The maximum Gasteiger partial charge on any atom is 0.241 e. The molecule has 4 rings (SSSR count). The van der Waals surface area contributed by atoms with E-state index in [0.717, 1.165) is 12.5 Å². The van der Waals surface area contributed by atoms with Crippen LogP contribution >= 0.6 is 0 Å². The molecule has 0 aromatic rings. The molecule has 0 spiro atoms. The van der Waals surface area contributed by atoms with Crippen LogP contribution in [0.25, 0.3) is 0 Å². The van der Waals surface area contributed by atoms with Crippen molar-refractivity contribution >= 4 is 5.91 Å². The Kier molecular flexibility index (Phi) is 3.10. The standard InChI is InChI=1S/C14H25N3O/c1-9(2)13-14(18)17(10(3)15-13)12-8-16-6-4-11(12)5-7-16/h9-13,15H,4-8H2,1-3H3. The van der Waals surface area contributed by atoms with E-state index in [1.165, 1.54) is 25.9 Å². The Morgan fingerprint density at radius 1 is 1.28 bits per heavy atom. The first-order valence-electron chi connectivity index (χ1n) is 7.38. The molecule has 4 fully saturated rings. The van der Waals surface area contributed by atoms with Crippen molar-refractivity contribution in [3.05, 3.63) is 0 Å². The average Bonchev–Trinajstić information content (AvgIpc) is 2.66. The van der Waals surface area contributed by atoms with Crippen molar-refractivity contribution < 1.29 is 4.79 Å². The minimum Gasteiger partial charge on any atom is -0.322 e. The zero-order valence-electron chi connectivity index (χ0n) is 11.7. The van der Waals surface area contributed by atoms with Crippen LogP contribution in [0.15, 0.2) is 0 Å². The molecular formula is C14H25N3O. The summed E-state index contributed by atoms with van der Waals surface area (Å²) < 4.78 is 0. The van der Waals surface area contributed by atoms with Crippen LogP contribution in [0.4, 0.5) is 0 Å². The third kappa shape index (κ3) is 1.86. The number of hydrogen-bond acceptors (Lipinski definition) is 3. The molecule has 0 aromatic heterocycles. The Bertz CT molecular complexity index is 336. The van der Waals surface area contributed by atoms with Gasteiger partial charge in [-0.2, -0.15) is 0 Å². The summed E-state index contributed by atoms with van der Waals surface area (Å²) in [5.74, 6) is 1.44. The SMILES string of the molecule is CC(C)C1NC(C)N(C2CN3CCC2CC3)C1=O. The monoisotopic (exact) mass is 251 g/mol. The van der Waals surface area contributed by atoms with Gasteiger partial charge in [0, 0.05) is 12.6 Å². The van der Waals surface area contributed by atoms with Crippen molar-refractivity contribution in [2.24, 2.45) is 11.8 Å². The van der Waals surface area contributed by atoms with Crippen LogP contribution in [0.3, 0.4) is 0 Å². The van der Waals surface area contributed by atoms with Crippen molar-refractivity contribution in [3.63, 3.8) is 0 Å². The first kappa shape index (κ1) is 12.4. The molecular weight excluding hydrogens is 226 g/mol. The molecule has 0 aliphatic carbocycles. The lowest BCUT2D eigenvalue weighted by Gasteiger charge is -2.49. The van der Waals surface area contributed by atoms with Gasteiger partial charge in [0.2, 0.25) is 5.91 Å². The number of carbonyl (C=O) groups is 1. The van der Waals surface area contributed by atoms with Gasteiger partial charge in [-0.15, -0.1) is 0 Å². The van der Waals surface area contributed by atoms with Gasteiger partial charge in [-0.25, -0.2) is 0 Å². The molecule has 4 heterocycles. The number of rotatable bonds is 2. The Labute approximate surface area is 110 Å². The van der Waals surface area contributed by atoms with Gasteiger partial charge in [-0.3, -0.25) is 10.1 Å². The summed E-state index contributed by atoms with van der Waals surface area (Å²) in [6, 6.07) is 0.474. The van der Waals surface area contributed by atoms with Crippen LogP contribution in [0, 0.1) is 11.8 Å². The number of nitrogens with one attached hydrogen (secondary N) is 1. The van der Waals surface area contributed by atoms with Crippen LogP contribution in [0.2, 0.25) is 0 Å². The highest BCUT2D eigenvalue weighted by molar-refractivity contribution is 5.85. The number of fused-ring (bicyclic) bond motifs is 3. The summed E-state index contributed by atoms with van der Waals surface area (Å²) in [6.45, 7) is 9.95. The second kappa shape index (κ2) is 4.49. The molecule has 4 nitrogen and oxygen atoms in total. The fourth-order valence-corrected chi connectivity index (χ4v) is 3.94. The van der Waals surface area contributed by atoms with Gasteiger partial charge in [0.1, 0.15) is 0 Å². The molecule has 1 N–H and O–H groups in total. The van der Waals surface area contributed by atoms with E-state index in [2.05, 4.69) is 35.9 Å². The molecule has 3 atom stereocenters. The van der Waals surface area contributed by atoms with Gasteiger partial charge in [0.05, 0.1) is 12.2 Å². The highest BCUT2D eigenvalue weighted by Gasteiger charge is 2.46. The third-order valence-corrected chi connectivity index (χ3v) is 5.00. The quantitative estimate of drug-likeness (QED) is 0.791. The van der Waals surface area contributed by atoms with Crippen molar-refractivity contribution in [1.29, 1.82) is 0 Å². The summed E-state index contributed by atoms with van der Waals surface area (Å²) in [6.07, 6.45) is 2.75. The molecule has 0 radical (unpaired) electrons. The average molecular weight is 251 g/mol. The summed E-state index contributed by atoms with van der Waals surface area (Å²) in [4.78, 5) is 17.3. The van der Waals surface area contributed by atoms with Gasteiger partial charge >= 0.3 is 0 Å². The summed E-state index contributed by atoms with van der Waals surface area (Å²) in [5, 5.41) is 3.47. The van der Waals surface area contributed by atoms with Gasteiger partial charge in [0.15, 0.2) is 0 Å². The number of amides is 1. The predicted octanol–water partition coefficient (Wildman–Crippen LogP) is 0.883. The third-order valence-electron chi connectivity index (χ3n) is 5.00. The normalized spacial score (nSPS) is 44.1. The number of nitrogens with zero attached hydrogens (tertiary/aromatic N) is 2. The van der Waals surface area contributed by atoms with E-state index in [0.29, 0.717) is 17.9 Å². The molecule has 4 heteroatoms. The van der Waals surface area contributed by atoms with Crippen LogP contribution in [0.5, 0.6) is 0 Å². The smallest absolute Gasteiger partial charge is 0.241 e. The van der Waals surface area contributed by atoms with Gasteiger partial charge in [-0.1, -0.05) is 13.8 Å². The Morgan fingerprint density at radius 2 is 1.94 bits per heavy atom. The van der Waals surface area contributed by atoms with E-state index in [4.69, 9.17) is 0 Å². The van der Waals surface area contributed by atoms with E-state index in [1.807, 2.05) is 0 Å². The predicted molar refractivity (Wildman–Crippen MR) is 71.0 cm³/mol. The van der Waals surface area contributed by atoms with E-state index in [1.54, 1.807) is 0 Å². The Balaban J connectivity index is 1.78. The Morgan fingerprint density at radius 3 is 2.39 bits per heavy atom. The molecule has 18 heavy (non-hydrogen) atoms. The fourth-order valence-electron chi connectivity index (χ4n) is 3.94. The zero-order chi connectivity index (χ0) is 12.9. The first-order chi connectivity index (χ1) is 8.58. The molecule has 0 saturated carbocycles. The van der Waals surface area contributed by atoms with Crippen LogP contribution in [-0.4, -0.2) is 53.6 Å². The molecule has 4 aliphatic heterocycles. The van der Waals surface area contributed by atoms with Crippen molar-refractivity contribution in [2.45, 2.75) is 51.9 Å². The van der Waals surface area contributed by atoms with Crippen molar-refractivity contribution in [3.8, 4) is 0 Å². The van der Waals surface area contributed by atoms with Crippen molar-refractivity contribution in [1.82, 2.24) is 15.1 Å². The molecule has 1 amide bonds. The zero-order valence-corrected chi connectivity index (χ0v) is 11.7. The molecule has 4 aliphatic rings. The van der Waals surface area contributed by atoms with E-state index in [9.17, 15) is 4.79 Å². The second-order valence-electron chi connectivity index (χ2n) is 6.52. The maximum atomic E-state index is 12.6.